The van der Waals surface area contributed by atoms with Gasteiger partial charge in [-0.1, -0.05) is 0 Å². The summed E-state index contributed by atoms with van der Waals surface area (Å²) in [5, 5.41) is 0. The molecule has 1 unspecified atom stereocenters. The highest BCUT2D eigenvalue weighted by atomic mass is 35.5. The molecule has 1 atom stereocenters. The fourth-order valence-corrected chi connectivity index (χ4v) is 1.65. The quantitative estimate of drug-likeness (QED) is 0.861. The van der Waals surface area contributed by atoms with Gasteiger partial charge in [-0.2, -0.15) is 0 Å². The van der Waals surface area contributed by atoms with Crippen molar-refractivity contribution in [3.05, 3.63) is 17.7 Å². The lowest BCUT2D eigenvalue weighted by Crippen LogP contribution is -2.30. The third-order valence-corrected chi connectivity index (χ3v) is 2.70. The van der Waals surface area contributed by atoms with Gasteiger partial charge >= 0.3 is 0 Å². The van der Waals surface area contributed by atoms with Crippen LogP contribution < -0.4 is 19.9 Å². The third kappa shape index (κ3) is 4.29. The molecule has 2 N–H and O–H groups in total. The van der Waals surface area contributed by atoms with E-state index in [1.807, 2.05) is 0 Å². The molecule has 108 valence electrons. The average molecular weight is 290 g/mol. The van der Waals surface area contributed by atoms with Crippen molar-refractivity contribution in [2.75, 3.05) is 21.3 Å². The van der Waals surface area contributed by atoms with E-state index >= 15 is 0 Å². The molecule has 0 heterocycles. The molecule has 0 bridgehead atoms. The summed E-state index contributed by atoms with van der Waals surface area (Å²) >= 11 is 0. The number of benzene rings is 1. The maximum absolute atomic E-state index is 11.2. The number of Topliss-reactive ketones (excluding diaryl/α,β-unsaturated/α-hetero) is 1. The SMILES string of the molecule is COc1cc(CC(N)C(C)=O)cc(OC)c1OC.Cl. The smallest absolute Gasteiger partial charge is 0.203 e. The van der Waals surface area contributed by atoms with Crippen molar-refractivity contribution in [3.8, 4) is 17.2 Å². The zero-order valence-electron chi connectivity index (χ0n) is 11.6. The molecule has 5 nitrogen and oxygen atoms in total. The minimum Gasteiger partial charge on any atom is -0.493 e. The molecule has 0 spiro atoms. The second-order valence-corrected chi connectivity index (χ2v) is 3.95. The lowest BCUT2D eigenvalue weighted by Gasteiger charge is -2.15. The van der Waals surface area contributed by atoms with Crippen LogP contribution in [0.5, 0.6) is 17.2 Å². The largest absolute Gasteiger partial charge is 0.493 e. The van der Waals surface area contributed by atoms with Gasteiger partial charge in [-0.05, 0) is 31.0 Å². The van der Waals surface area contributed by atoms with Gasteiger partial charge in [-0.3, -0.25) is 4.79 Å². The third-order valence-electron chi connectivity index (χ3n) is 2.70. The Balaban J connectivity index is 0.00000324. The average Bonchev–Trinajstić information content (AvgIpc) is 2.37. The Kier molecular flexibility index (Phi) is 7.26. The molecule has 0 saturated heterocycles. The minimum absolute atomic E-state index is 0. The first-order chi connectivity index (χ1) is 8.53. The summed E-state index contributed by atoms with van der Waals surface area (Å²) in [7, 11) is 4.64. The highest BCUT2D eigenvalue weighted by Crippen LogP contribution is 2.38. The van der Waals surface area contributed by atoms with Crippen molar-refractivity contribution < 1.29 is 19.0 Å². The lowest BCUT2D eigenvalue weighted by molar-refractivity contribution is -0.118. The fraction of sp³-hybridized carbons (Fsp3) is 0.462. The highest BCUT2D eigenvalue weighted by Gasteiger charge is 2.16. The van der Waals surface area contributed by atoms with E-state index in [0.717, 1.165) is 5.56 Å². The van der Waals surface area contributed by atoms with Crippen molar-refractivity contribution in [2.24, 2.45) is 5.73 Å². The second-order valence-electron chi connectivity index (χ2n) is 3.95. The lowest BCUT2D eigenvalue weighted by atomic mass is 10.0. The van der Waals surface area contributed by atoms with Crippen LogP contribution in [-0.2, 0) is 11.2 Å². The van der Waals surface area contributed by atoms with Gasteiger partial charge < -0.3 is 19.9 Å². The Hall–Kier alpha value is -1.46. The van der Waals surface area contributed by atoms with E-state index in [9.17, 15) is 4.79 Å². The molecule has 0 saturated carbocycles. The van der Waals surface area contributed by atoms with Crippen molar-refractivity contribution in [1.82, 2.24) is 0 Å². The van der Waals surface area contributed by atoms with Crippen LogP contribution in [0.4, 0.5) is 0 Å². The molecule has 0 radical (unpaired) electrons. The van der Waals surface area contributed by atoms with Gasteiger partial charge in [0.05, 0.1) is 27.4 Å². The number of carbonyl (C=O) groups is 1. The van der Waals surface area contributed by atoms with Crippen molar-refractivity contribution in [3.63, 3.8) is 0 Å². The molecule has 1 rings (SSSR count). The summed E-state index contributed by atoms with van der Waals surface area (Å²) < 4.78 is 15.7. The van der Waals surface area contributed by atoms with E-state index in [1.54, 1.807) is 33.5 Å². The zero-order chi connectivity index (χ0) is 13.7. The minimum atomic E-state index is -0.521. The van der Waals surface area contributed by atoms with Crippen LogP contribution in [0.3, 0.4) is 0 Å². The number of halogens is 1. The van der Waals surface area contributed by atoms with Crippen molar-refractivity contribution >= 4 is 18.2 Å². The van der Waals surface area contributed by atoms with E-state index < -0.39 is 6.04 Å². The molecule has 0 aliphatic rings. The van der Waals surface area contributed by atoms with E-state index in [0.29, 0.717) is 23.7 Å². The van der Waals surface area contributed by atoms with Gasteiger partial charge in [0.15, 0.2) is 11.5 Å². The Labute approximate surface area is 119 Å². The summed E-state index contributed by atoms with van der Waals surface area (Å²) in [5.74, 6) is 1.59. The monoisotopic (exact) mass is 289 g/mol. The molecule has 0 fully saturated rings. The number of hydrogen-bond donors (Lipinski definition) is 1. The van der Waals surface area contributed by atoms with E-state index in [-0.39, 0.29) is 18.2 Å². The number of methoxy groups -OCH3 is 3. The number of carbonyl (C=O) groups excluding carboxylic acids is 1. The van der Waals surface area contributed by atoms with Gasteiger partial charge in [-0.15, -0.1) is 12.4 Å². The van der Waals surface area contributed by atoms with Crippen molar-refractivity contribution in [1.29, 1.82) is 0 Å². The fourth-order valence-electron chi connectivity index (χ4n) is 1.65. The van der Waals surface area contributed by atoms with Crippen molar-refractivity contribution in [2.45, 2.75) is 19.4 Å². The second kappa shape index (κ2) is 7.86. The zero-order valence-corrected chi connectivity index (χ0v) is 12.4. The van der Waals surface area contributed by atoms with Gasteiger partial charge in [0.1, 0.15) is 5.78 Å². The number of ether oxygens (including phenoxy) is 3. The van der Waals surface area contributed by atoms with Gasteiger partial charge in [-0.25, -0.2) is 0 Å². The number of nitrogens with two attached hydrogens (primary N) is 1. The highest BCUT2D eigenvalue weighted by molar-refractivity contribution is 5.85. The normalized spacial score (nSPS) is 11.2. The molecule has 19 heavy (non-hydrogen) atoms. The summed E-state index contributed by atoms with van der Waals surface area (Å²) in [6, 6.07) is 3.07. The van der Waals surface area contributed by atoms with E-state index in [4.69, 9.17) is 19.9 Å². The topological polar surface area (TPSA) is 70.8 Å². The van der Waals surface area contributed by atoms with Crippen LogP contribution in [0.25, 0.3) is 0 Å². The molecular formula is C13H20ClNO4. The first-order valence-corrected chi connectivity index (χ1v) is 5.58. The summed E-state index contributed by atoms with van der Waals surface area (Å²) in [6.45, 7) is 1.47. The molecule has 1 aromatic carbocycles. The Bertz CT molecular complexity index is 412. The van der Waals surface area contributed by atoms with E-state index in [1.165, 1.54) is 6.92 Å². The molecular weight excluding hydrogens is 270 g/mol. The standard InChI is InChI=1S/C13H19NO4.ClH/c1-8(15)10(14)5-9-6-11(16-2)13(18-4)12(7-9)17-3;/h6-7,10H,5,14H2,1-4H3;1H. The summed E-state index contributed by atoms with van der Waals surface area (Å²) in [4.78, 5) is 11.2. The van der Waals surface area contributed by atoms with E-state index in [2.05, 4.69) is 0 Å². The summed E-state index contributed by atoms with van der Waals surface area (Å²) in [5.41, 5.74) is 6.61. The van der Waals surface area contributed by atoms with Gasteiger partial charge in [0.25, 0.3) is 0 Å². The first-order valence-electron chi connectivity index (χ1n) is 5.58. The van der Waals surface area contributed by atoms with Crippen LogP contribution in [0.2, 0.25) is 0 Å². The number of rotatable bonds is 6. The van der Waals surface area contributed by atoms with Crippen LogP contribution >= 0.6 is 12.4 Å². The molecule has 1 aromatic rings. The molecule has 0 aromatic heterocycles. The molecule has 0 aliphatic heterocycles. The van der Waals surface area contributed by atoms with Crippen LogP contribution in [0, 0.1) is 0 Å². The van der Waals surface area contributed by atoms with Gasteiger partial charge in [0.2, 0.25) is 5.75 Å². The molecule has 6 heteroatoms. The Morgan fingerprint density at radius 3 is 1.95 bits per heavy atom. The summed E-state index contributed by atoms with van der Waals surface area (Å²) in [6.07, 6.45) is 0.437. The van der Waals surface area contributed by atoms with Crippen LogP contribution in [0.1, 0.15) is 12.5 Å². The predicted molar refractivity (Wildman–Crippen MR) is 75.7 cm³/mol. The van der Waals surface area contributed by atoms with Crippen LogP contribution in [0.15, 0.2) is 12.1 Å². The van der Waals surface area contributed by atoms with Gasteiger partial charge in [0, 0.05) is 0 Å². The first kappa shape index (κ1) is 17.5. The maximum atomic E-state index is 11.2. The predicted octanol–water partition coefficient (Wildman–Crippen LogP) is 1.59. The number of hydrogen-bond acceptors (Lipinski definition) is 5. The Morgan fingerprint density at radius 1 is 1.16 bits per heavy atom. The maximum Gasteiger partial charge on any atom is 0.203 e. The molecule has 0 amide bonds. The van der Waals surface area contributed by atoms with Crippen LogP contribution in [-0.4, -0.2) is 33.2 Å². The molecule has 0 aliphatic carbocycles. The number of ketones is 1. The Morgan fingerprint density at radius 2 is 1.63 bits per heavy atom.